The Balaban J connectivity index is 0.00000288. The standard InChI is InChI=1S/C17H27N5O.HI/c1-19-17(20-2)21-10-13-5-3-6-14(9-13)11-22-8-4-7-15(12-22)16(18)23;/h3,5-6,9,15H,4,7-8,10-12H2,1-2H3,(H2,18,23)(H2,19,20,21);1H. The second-order valence-electron chi connectivity index (χ2n) is 5.97. The van der Waals surface area contributed by atoms with Crippen molar-refractivity contribution in [2.24, 2.45) is 16.6 Å². The Kier molecular flexibility index (Phi) is 9.05. The molecule has 1 saturated heterocycles. The molecule has 0 spiro atoms. The van der Waals surface area contributed by atoms with Crippen LogP contribution in [0, 0.1) is 5.92 Å². The number of amides is 1. The lowest BCUT2D eigenvalue weighted by molar-refractivity contribution is -0.123. The molecule has 1 fully saturated rings. The van der Waals surface area contributed by atoms with E-state index in [4.69, 9.17) is 5.73 Å². The highest BCUT2D eigenvalue weighted by Gasteiger charge is 2.23. The van der Waals surface area contributed by atoms with Gasteiger partial charge in [-0.25, -0.2) is 0 Å². The summed E-state index contributed by atoms with van der Waals surface area (Å²) in [7, 11) is 3.60. The summed E-state index contributed by atoms with van der Waals surface area (Å²) in [6, 6.07) is 8.50. The molecular formula is C17H28IN5O. The normalized spacial score (nSPS) is 18.6. The number of benzene rings is 1. The number of carbonyl (C=O) groups excluding carboxylic acids is 1. The molecule has 0 aromatic heterocycles. The van der Waals surface area contributed by atoms with Crippen LogP contribution in [-0.4, -0.2) is 44.0 Å². The van der Waals surface area contributed by atoms with Crippen LogP contribution < -0.4 is 16.4 Å². The number of aliphatic imine (C=N–C) groups is 1. The van der Waals surface area contributed by atoms with Crippen molar-refractivity contribution < 1.29 is 4.79 Å². The van der Waals surface area contributed by atoms with Crippen molar-refractivity contribution in [1.29, 1.82) is 0 Å². The Morgan fingerprint density at radius 2 is 2.17 bits per heavy atom. The van der Waals surface area contributed by atoms with Gasteiger partial charge in [-0.05, 0) is 30.5 Å². The highest BCUT2D eigenvalue weighted by atomic mass is 127. The molecule has 0 saturated carbocycles. The number of carbonyl (C=O) groups is 1. The van der Waals surface area contributed by atoms with Crippen molar-refractivity contribution in [2.75, 3.05) is 27.2 Å². The number of nitrogens with one attached hydrogen (secondary N) is 2. The largest absolute Gasteiger partial charge is 0.369 e. The maximum absolute atomic E-state index is 11.4. The van der Waals surface area contributed by atoms with Gasteiger partial charge in [0.05, 0.1) is 5.92 Å². The SMILES string of the molecule is CN=C(NC)NCc1cccc(CN2CCCC(C(N)=O)C2)c1.I. The fourth-order valence-electron chi connectivity index (χ4n) is 2.99. The third-order valence-electron chi connectivity index (χ3n) is 4.23. The molecule has 134 valence electrons. The maximum atomic E-state index is 11.4. The summed E-state index contributed by atoms with van der Waals surface area (Å²) in [6.07, 6.45) is 1.95. The number of piperidine rings is 1. The lowest BCUT2D eigenvalue weighted by atomic mass is 9.97. The summed E-state index contributed by atoms with van der Waals surface area (Å²) in [5.74, 6) is 0.592. The summed E-state index contributed by atoms with van der Waals surface area (Å²) in [6.45, 7) is 3.38. The van der Waals surface area contributed by atoms with E-state index in [1.807, 2.05) is 7.05 Å². The van der Waals surface area contributed by atoms with Crippen molar-refractivity contribution in [2.45, 2.75) is 25.9 Å². The predicted molar refractivity (Wildman–Crippen MR) is 108 cm³/mol. The molecule has 1 aromatic carbocycles. The number of halogens is 1. The Morgan fingerprint density at radius 1 is 1.42 bits per heavy atom. The number of guanidine groups is 1. The zero-order chi connectivity index (χ0) is 16.7. The third kappa shape index (κ3) is 6.27. The number of rotatable bonds is 5. The van der Waals surface area contributed by atoms with Crippen LogP contribution in [0.15, 0.2) is 29.3 Å². The van der Waals surface area contributed by atoms with Crippen LogP contribution in [-0.2, 0) is 17.9 Å². The van der Waals surface area contributed by atoms with E-state index in [1.165, 1.54) is 11.1 Å². The molecule has 4 N–H and O–H groups in total. The Bertz CT molecular complexity index is 564. The molecule has 24 heavy (non-hydrogen) atoms. The third-order valence-corrected chi connectivity index (χ3v) is 4.23. The van der Waals surface area contributed by atoms with Crippen molar-refractivity contribution in [1.82, 2.24) is 15.5 Å². The number of likely N-dealkylation sites (tertiary alicyclic amines) is 1. The van der Waals surface area contributed by atoms with Gasteiger partial charge < -0.3 is 16.4 Å². The second-order valence-corrected chi connectivity index (χ2v) is 5.97. The lowest BCUT2D eigenvalue weighted by Gasteiger charge is -2.31. The molecular weight excluding hydrogens is 417 g/mol. The fraction of sp³-hybridized carbons (Fsp3) is 0.529. The van der Waals surface area contributed by atoms with Crippen molar-refractivity contribution >= 4 is 35.8 Å². The summed E-state index contributed by atoms with van der Waals surface area (Å²) in [5.41, 5.74) is 7.92. The van der Waals surface area contributed by atoms with E-state index in [1.54, 1.807) is 7.05 Å². The van der Waals surface area contributed by atoms with Crippen LogP contribution in [0.3, 0.4) is 0 Å². The number of hydrogen-bond donors (Lipinski definition) is 3. The zero-order valence-corrected chi connectivity index (χ0v) is 16.7. The second kappa shape index (κ2) is 10.5. The smallest absolute Gasteiger partial charge is 0.221 e. The van der Waals surface area contributed by atoms with Gasteiger partial charge >= 0.3 is 0 Å². The van der Waals surface area contributed by atoms with Crippen molar-refractivity contribution in [3.8, 4) is 0 Å². The molecule has 0 bridgehead atoms. The zero-order valence-electron chi connectivity index (χ0n) is 14.4. The molecule has 1 heterocycles. The highest BCUT2D eigenvalue weighted by molar-refractivity contribution is 14.0. The first-order valence-electron chi connectivity index (χ1n) is 8.10. The van der Waals surface area contributed by atoms with Gasteiger partial charge in [-0.2, -0.15) is 0 Å². The van der Waals surface area contributed by atoms with Gasteiger partial charge in [-0.15, -0.1) is 24.0 Å². The maximum Gasteiger partial charge on any atom is 0.221 e. The van der Waals surface area contributed by atoms with E-state index < -0.39 is 0 Å². The van der Waals surface area contributed by atoms with Crippen LogP contribution >= 0.6 is 24.0 Å². The number of nitrogens with zero attached hydrogens (tertiary/aromatic N) is 2. The van der Waals surface area contributed by atoms with E-state index in [9.17, 15) is 4.79 Å². The summed E-state index contributed by atoms with van der Waals surface area (Å²) >= 11 is 0. The molecule has 7 heteroatoms. The van der Waals surface area contributed by atoms with Gasteiger partial charge in [0.15, 0.2) is 5.96 Å². The number of nitrogens with two attached hydrogens (primary N) is 1. The molecule has 6 nitrogen and oxygen atoms in total. The molecule has 1 aromatic rings. The quantitative estimate of drug-likeness (QED) is 0.363. The van der Waals surface area contributed by atoms with Gasteiger partial charge in [0.2, 0.25) is 5.91 Å². The molecule has 1 aliphatic rings. The Labute approximate surface area is 161 Å². The first kappa shape index (κ1) is 20.7. The number of primary amides is 1. The van der Waals surface area contributed by atoms with Crippen molar-refractivity contribution in [3.05, 3.63) is 35.4 Å². The summed E-state index contributed by atoms with van der Waals surface area (Å²) < 4.78 is 0. The monoisotopic (exact) mass is 445 g/mol. The first-order chi connectivity index (χ1) is 11.1. The van der Waals surface area contributed by atoms with Crippen LogP contribution in [0.5, 0.6) is 0 Å². The van der Waals surface area contributed by atoms with Crippen LogP contribution in [0.25, 0.3) is 0 Å². The lowest BCUT2D eigenvalue weighted by Crippen LogP contribution is -2.40. The van der Waals surface area contributed by atoms with Gasteiger partial charge in [-0.1, -0.05) is 24.3 Å². The molecule has 2 rings (SSSR count). The minimum Gasteiger partial charge on any atom is -0.369 e. The Hall–Kier alpha value is -1.35. The minimum absolute atomic E-state index is 0. The number of hydrogen-bond acceptors (Lipinski definition) is 3. The molecule has 1 aliphatic heterocycles. The van der Waals surface area contributed by atoms with Gasteiger partial charge in [0.25, 0.3) is 0 Å². The van der Waals surface area contributed by atoms with Gasteiger partial charge in [-0.3, -0.25) is 14.7 Å². The fourth-order valence-corrected chi connectivity index (χ4v) is 2.99. The molecule has 0 radical (unpaired) electrons. The van der Waals surface area contributed by atoms with E-state index in [0.717, 1.165) is 45.0 Å². The summed E-state index contributed by atoms with van der Waals surface area (Å²) in [5, 5.41) is 6.26. The van der Waals surface area contributed by atoms with E-state index in [2.05, 4.69) is 44.8 Å². The van der Waals surface area contributed by atoms with Crippen molar-refractivity contribution in [3.63, 3.8) is 0 Å². The minimum atomic E-state index is -0.175. The first-order valence-corrected chi connectivity index (χ1v) is 8.10. The Morgan fingerprint density at radius 3 is 2.83 bits per heavy atom. The summed E-state index contributed by atoms with van der Waals surface area (Å²) in [4.78, 5) is 17.8. The average Bonchev–Trinajstić information content (AvgIpc) is 2.56. The molecule has 0 aliphatic carbocycles. The highest BCUT2D eigenvalue weighted by Crippen LogP contribution is 2.18. The molecule has 1 atom stereocenters. The van der Waals surface area contributed by atoms with Crippen LogP contribution in [0.1, 0.15) is 24.0 Å². The average molecular weight is 445 g/mol. The predicted octanol–water partition coefficient (Wildman–Crippen LogP) is 1.30. The molecule has 1 unspecified atom stereocenters. The van der Waals surface area contributed by atoms with E-state index in [-0.39, 0.29) is 35.8 Å². The van der Waals surface area contributed by atoms with E-state index in [0.29, 0.717) is 0 Å². The molecule has 1 amide bonds. The van der Waals surface area contributed by atoms with Gasteiger partial charge in [0, 0.05) is 33.7 Å². The van der Waals surface area contributed by atoms with E-state index >= 15 is 0 Å². The van der Waals surface area contributed by atoms with Crippen LogP contribution in [0.2, 0.25) is 0 Å². The topological polar surface area (TPSA) is 82.8 Å². The van der Waals surface area contributed by atoms with Gasteiger partial charge in [0.1, 0.15) is 0 Å². The van der Waals surface area contributed by atoms with Crippen LogP contribution in [0.4, 0.5) is 0 Å².